The fourth-order valence-electron chi connectivity index (χ4n) is 2.73. The van der Waals surface area contributed by atoms with E-state index in [2.05, 4.69) is 4.72 Å². The third-order valence-corrected chi connectivity index (χ3v) is 5.71. The molecule has 1 saturated heterocycles. The number of carbonyl (C=O) groups is 1. The van der Waals surface area contributed by atoms with Gasteiger partial charge < -0.3 is 4.90 Å². The molecular weight excluding hydrogens is 312 g/mol. The minimum atomic E-state index is -3.19. The zero-order chi connectivity index (χ0) is 16.9. The molecule has 0 unspecified atom stereocenters. The Morgan fingerprint density at radius 1 is 1.22 bits per heavy atom. The Bertz CT molecular complexity index is 618. The Balaban J connectivity index is 1.86. The van der Waals surface area contributed by atoms with Crippen molar-refractivity contribution in [3.8, 4) is 0 Å². The molecule has 1 N–H and O–H groups in total. The summed E-state index contributed by atoms with van der Waals surface area (Å²) in [6, 6.07) is 7.50. The van der Waals surface area contributed by atoms with Gasteiger partial charge in [-0.15, -0.1) is 0 Å². The molecule has 1 aromatic rings. The number of benzene rings is 1. The molecule has 0 aliphatic carbocycles. The average molecular weight is 338 g/mol. The van der Waals surface area contributed by atoms with Crippen molar-refractivity contribution in [1.82, 2.24) is 9.62 Å². The van der Waals surface area contributed by atoms with Gasteiger partial charge in [-0.2, -0.15) is 0 Å². The summed E-state index contributed by atoms with van der Waals surface area (Å²) in [7, 11) is -3.19. The molecule has 1 amide bonds. The van der Waals surface area contributed by atoms with Crippen LogP contribution in [0, 0.1) is 6.92 Å². The maximum absolute atomic E-state index is 12.4. The molecule has 5 nitrogen and oxygen atoms in total. The number of carbonyl (C=O) groups excluding carboxylic acids is 1. The van der Waals surface area contributed by atoms with Gasteiger partial charge in [-0.1, -0.05) is 31.0 Å². The highest BCUT2D eigenvalue weighted by Crippen LogP contribution is 2.15. The van der Waals surface area contributed by atoms with Crippen LogP contribution in [-0.4, -0.2) is 44.1 Å². The van der Waals surface area contributed by atoms with Gasteiger partial charge in [-0.25, -0.2) is 13.1 Å². The summed E-state index contributed by atoms with van der Waals surface area (Å²) in [4.78, 5) is 14.2. The minimum absolute atomic E-state index is 0.0253. The standard InChI is InChI=1S/C17H26N2O3S/c1-3-4-13-23(21,22)18-16-9-11-19(12-10-16)17(20)15-7-5-14(2)6-8-15/h5-8,16,18H,3-4,9-13H2,1-2H3. The van der Waals surface area contributed by atoms with Gasteiger partial charge in [0.25, 0.3) is 5.91 Å². The number of hydrogen-bond acceptors (Lipinski definition) is 3. The van der Waals surface area contributed by atoms with Crippen LogP contribution in [0.2, 0.25) is 0 Å². The maximum Gasteiger partial charge on any atom is 0.253 e. The number of piperidine rings is 1. The molecule has 0 bridgehead atoms. The molecule has 0 aromatic heterocycles. The second-order valence-corrected chi connectivity index (χ2v) is 8.10. The Morgan fingerprint density at radius 3 is 2.39 bits per heavy atom. The van der Waals surface area contributed by atoms with E-state index in [0.717, 1.165) is 12.0 Å². The molecule has 23 heavy (non-hydrogen) atoms. The highest BCUT2D eigenvalue weighted by Gasteiger charge is 2.26. The van der Waals surface area contributed by atoms with Crippen LogP contribution in [0.3, 0.4) is 0 Å². The van der Waals surface area contributed by atoms with E-state index in [0.29, 0.717) is 37.9 Å². The van der Waals surface area contributed by atoms with E-state index in [1.54, 1.807) is 0 Å². The first-order valence-corrected chi connectivity index (χ1v) is 9.92. The smallest absolute Gasteiger partial charge is 0.253 e. The van der Waals surface area contributed by atoms with Crippen LogP contribution in [0.25, 0.3) is 0 Å². The number of sulfonamides is 1. The summed E-state index contributed by atoms with van der Waals surface area (Å²) in [6.07, 6.45) is 2.89. The first-order chi connectivity index (χ1) is 10.9. The van der Waals surface area contributed by atoms with Gasteiger partial charge in [0.2, 0.25) is 10.0 Å². The number of hydrogen-bond donors (Lipinski definition) is 1. The number of likely N-dealkylation sites (tertiary alicyclic amines) is 1. The van der Waals surface area contributed by atoms with Crippen molar-refractivity contribution < 1.29 is 13.2 Å². The lowest BCUT2D eigenvalue weighted by molar-refractivity contribution is 0.0711. The van der Waals surface area contributed by atoms with Gasteiger partial charge >= 0.3 is 0 Å². The predicted molar refractivity (Wildman–Crippen MR) is 91.9 cm³/mol. The molecule has 6 heteroatoms. The van der Waals surface area contributed by atoms with Crippen molar-refractivity contribution in [2.75, 3.05) is 18.8 Å². The second kappa shape index (κ2) is 7.93. The van der Waals surface area contributed by atoms with Crippen LogP contribution in [0.5, 0.6) is 0 Å². The number of nitrogens with zero attached hydrogens (tertiary/aromatic N) is 1. The average Bonchev–Trinajstić information content (AvgIpc) is 2.53. The summed E-state index contributed by atoms with van der Waals surface area (Å²) < 4.78 is 26.6. The van der Waals surface area contributed by atoms with Crippen molar-refractivity contribution >= 4 is 15.9 Å². The van der Waals surface area contributed by atoms with Gasteiger partial charge in [0.1, 0.15) is 0 Å². The van der Waals surface area contributed by atoms with Crippen LogP contribution in [0.15, 0.2) is 24.3 Å². The largest absolute Gasteiger partial charge is 0.339 e. The Labute approximate surface area is 139 Å². The van der Waals surface area contributed by atoms with E-state index in [1.165, 1.54) is 0 Å². The summed E-state index contributed by atoms with van der Waals surface area (Å²) in [5.74, 6) is 0.212. The molecule has 0 radical (unpaired) electrons. The van der Waals surface area contributed by atoms with Gasteiger partial charge in [0.05, 0.1) is 5.75 Å². The molecule has 1 fully saturated rings. The highest BCUT2D eigenvalue weighted by molar-refractivity contribution is 7.89. The molecule has 0 spiro atoms. The molecule has 1 aliphatic rings. The fourth-order valence-corrected chi connectivity index (χ4v) is 4.26. The summed E-state index contributed by atoms with van der Waals surface area (Å²) in [6.45, 7) is 5.15. The lowest BCUT2D eigenvalue weighted by atomic mass is 10.0. The van der Waals surface area contributed by atoms with Crippen LogP contribution in [0.4, 0.5) is 0 Å². The summed E-state index contributed by atoms with van der Waals surface area (Å²) >= 11 is 0. The SMILES string of the molecule is CCCCS(=O)(=O)NC1CCN(C(=O)c2ccc(C)cc2)CC1. The van der Waals surface area contributed by atoms with Crippen molar-refractivity contribution in [2.45, 2.75) is 45.6 Å². The van der Waals surface area contributed by atoms with E-state index in [1.807, 2.05) is 43.0 Å². The normalized spacial score (nSPS) is 16.5. The minimum Gasteiger partial charge on any atom is -0.339 e. The first kappa shape index (κ1) is 17.9. The van der Waals surface area contributed by atoms with Crippen molar-refractivity contribution in [2.24, 2.45) is 0 Å². The number of rotatable bonds is 6. The molecule has 1 heterocycles. The number of aryl methyl sites for hydroxylation is 1. The summed E-state index contributed by atoms with van der Waals surface area (Å²) in [5.41, 5.74) is 1.82. The van der Waals surface area contributed by atoms with Crippen molar-refractivity contribution in [3.05, 3.63) is 35.4 Å². The van der Waals surface area contributed by atoms with E-state index < -0.39 is 10.0 Å². The summed E-state index contributed by atoms with van der Waals surface area (Å²) in [5, 5.41) is 0. The monoisotopic (exact) mass is 338 g/mol. The Hall–Kier alpha value is -1.40. The third kappa shape index (κ3) is 5.32. The van der Waals surface area contributed by atoms with Crippen LogP contribution in [0.1, 0.15) is 48.5 Å². The second-order valence-electron chi connectivity index (χ2n) is 6.22. The molecule has 0 atom stereocenters. The molecule has 1 aliphatic heterocycles. The fraction of sp³-hybridized carbons (Fsp3) is 0.588. The Morgan fingerprint density at radius 2 is 1.83 bits per heavy atom. The van der Waals surface area contributed by atoms with Crippen molar-refractivity contribution in [1.29, 1.82) is 0 Å². The number of nitrogens with one attached hydrogen (secondary N) is 1. The molecule has 0 saturated carbocycles. The number of amides is 1. The van der Waals surface area contributed by atoms with Gasteiger partial charge in [0, 0.05) is 24.7 Å². The third-order valence-electron chi connectivity index (χ3n) is 4.19. The molecular formula is C17H26N2O3S. The molecule has 128 valence electrons. The van der Waals surface area contributed by atoms with Crippen LogP contribution in [-0.2, 0) is 10.0 Å². The first-order valence-electron chi connectivity index (χ1n) is 8.27. The lowest BCUT2D eigenvalue weighted by Crippen LogP contribution is -2.47. The zero-order valence-corrected chi connectivity index (χ0v) is 14.7. The van der Waals surface area contributed by atoms with Gasteiger partial charge in [-0.05, 0) is 38.3 Å². The van der Waals surface area contributed by atoms with Gasteiger partial charge in [-0.3, -0.25) is 4.79 Å². The van der Waals surface area contributed by atoms with Crippen LogP contribution >= 0.6 is 0 Å². The predicted octanol–water partition coefficient (Wildman–Crippen LogP) is 2.32. The van der Waals surface area contributed by atoms with E-state index >= 15 is 0 Å². The van der Waals surface area contributed by atoms with E-state index in [9.17, 15) is 13.2 Å². The molecule has 1 aromatic carbocycles. The quantitative estimate of drug-likeness (QED) is 0.865. The highest BCUT2D eigenvalue weighted by atomic mass is 32.2. The maximum atomic E-state index is 12.4. The number of unbranched alkanes of at least 4 members (excludes halogenated alkanes) is 1. The van der Waals surface area contributed by atoms with E-state index in [-0.39, 0.29) is 17.7 Å². The van der Waals surface area contributed by atoms with Crippen molar-refractivity contribution in [3.63, 3.8) is 0 Å². The zero-order valence-electron chi connectivity index (χ0n) is 13.9. The van der Waals surface area contributed by atoms with Gasteiger partial charge in [0.15, 0.2) is 0 Å². The molecule has 2 rings (SSSR count). The van der Waals surface area contributed by atoms with Crippen LogP contribution < -0.4 is 4.72 Å². The Kier molecular flexibility index (Phi) is 6.18. The topological polar surface area (TPSA) is 66.5 Å². The van der Waals surface area contributed by atoms with E-state index in [4.69, 9.17) is 0 Å². The lowest BCUT2D eigenvalue weighted by Gasteiger charge is -2.32.